The number of pyridine rings is 1. The Labute approximate surface area is 184 Å². The molecule has 0 amide bonds. The lowest BCUT2D eigenvalue weighted by Crippen LogP contribution is -2.35. The first-order valence-corrected chi connectivity index (χ1v) is 10.5. The Hall–Kier alpha value is -4.25. The molecule has 3 heterocycles. The molecular weight excluding hydrogens is 404 g/mol. The van der Waals surface area contributed by atoms with Gasteiger partial charge in [-0.15, -0.1) is 0 Å². The number of non-ortho nitro benzene ring substituents is 1. The summed E-state index contributed by atoms with van der Waals surface area (Å²) in [6.45, 7) is 1.57. The Kier molecular flexibility index (Phi) is 5.00. The minimum atomic E-state index is -0.462. The zero-order chi connectivity index (χ0) is 22.1. The predicted octanol–water partition coefficient (Wildman–Crippen LogP) is 4.79. The number of imidazole rings is 1. The highest BCUT2D eigenvalue weighted by Crippen LogP contribution is 2.32. The second-order valence-electron chi connectivity index (χ2n) is 7.93. The highest BCUT2D eigenvalue weighted by molar-refractivity contribution is 5.88. The number of aromatic amines is 1. The molecule has 1 unspecified atom stereocenters. The van der Waals surface area contributed by atoms with Crippen LogP contribution in [0.4, 0.5) is 11.5 Å². The van der Waals surface area contributed by atoms with Crippen LogP contribution in [0.2, 0.25) is 0 Å². The number of piperidine rings is 1. The van der Waals surface area contributed by atoms with Gasteiger partial charge in [0, 0.05) is 36.5 Å². The minimum Gasteiger partial charge on any atom is -0.356 e. The van der Waals surface area contributed by atoms with Gasteiger partial charge in [-0.3, -0.25) is 10.1 Å². The molecule has 0 bridgehead atoms. The number of fused-ring (bicyclic) bond motifs is 1. The van der Waals surface area contributed by atoms with E-state index in [1.807, 2.05) is 24.4 Å². The van der Waals surface area contributed by atoms with Crippen molar-refractivity contribution in [1.82, 2.24) is 15.0 Å². The van der Waals surface area contributed by atoms with E-state index in [0.717, 1.165) is 43.0 Å². The van der Waals surface area contributed by atoms with Crippen molar-refractivity contribution >= 4 is 22.4 Å². The molecule has 1 saturated heterocycles. The number of nitro groups is 1. The van der Waals surface area contributed by atoms with Crippen LogP contribution in [0.3, 0.4) is 0 Å². The van der Waals surface area contributed by atoms with Gasteiger partial charge in [0.15, 0.2) is 0 Å². The second kappa shape index (κ2) is 8.12. The Morgan fingerprint density at radius 3 is 2.81 bits per heavy atom. The Balaban J connectivity index is 1.43. The van der Waals surface area contributed by atoms with E-state index in [-0.39, 0.29) is 11.6 Å². The van der Waals surface area contributed by atoms with Gasteiger partial charge >= 0.3 is 0 Å². The number of H-pyrrole nitrogens is 1. The van der Waals surface area contributed by atoms with Crippen LogP contribution in [0.25, 0.3) is 22.2 Å². The van der Waals surface area contributed by atoms with Gasteiger partial charge in [0.25, 0.3) is 5.69 Å². The minimum absolute atomic E-state index is 0.0476. The van der Waals surface area contributed by atoms with Crippen molar-refractivity contribution in [3.63, 3.8) is 0 Å². The summed E-state index contributed by atoms with van der Waals surface area (Å²) in [5.41, 5.74) is 3.02. The fourth-order valence-corrected chi connectivity index (χ4v) is 4.28. The highest BCUT2D eigenvalue weighted by Gasteiger charge is 2.25. The number of benzene rings is 2. The first-order valence-electron chi connectivity index (χ1n) is 10.5. The number of anilines is 1. The number of nitriles is 1. The predicted molar refractivity (Wildman–Crippen MR) is 121 cm³/mol. The SMILES string of the molecule is N#Cc1cc(N2CCCC(c3ncc(-c4ccccc4)[nH]3)C2)nc2ccc([N+](=O)[O-])cc12. The second-order valence-corrected chi connectivity index (χ2v) is 7.93. The van der Waals surface area contributed by atoms with Crippen molar-refractivity contribution in [2.45, 2.75) is 18.8 Å². The maximum Gasteiger partial charge on any atom is 0.270 e. The van der Waals surface area contributed by atoms with Crippen molar-refractivity contribution in [1.29, 1.82) is 5.26 Å². The molecular formula is C24H20N6O2. The summed E-state index contributed by atoms with van der Waals surface area (Å²) in [5.74, 6) is 1.88. The van der Waals surface area contributed by atoms with Crippen LogP contribution < -0.4 is 4.90 Å². The van der Waals surface area contributed by atoms with Crippen molar-refractivity contribution < 1.29 is 4.92 Å². The number of nitrogens with zero attached hydrogens (tertiary/aromatic N) is 5. The van der Waals surface area contributed by atoms with E-state index in [1.165, 1.54) is 12.1 Å². The van der Waals surface area contributed by atoms with Crippen LogP contribution in [0, 0.1) is 21.4 Å². The summed E-state index contributed by atoms with van der Waals surface area (Å²) in [6.07, 6.45) is 3.87. The van der Waals surface area contributed by atoms with Crippen LogP contribution in [0.1, 0.15) is 30.1 Å². The molecule has 8 heteroatoms. The van der Waals surface area contributed by atoms with Crippen LogP contribution >= 0.6 is 0 Å². The highest BCUT2D eigenvalue weighted by atomic mass is 16.6. The Morgan fingerprint density at radius 1 is 1.19 bits per heavy atom. The number of nitrogens with one attached hydrogen (secondary N) is 1. The summed E-state index contributed by atoms with van der Waals surface area (Å²) >= 11 is 0. The monoisotopic (exact) mass is 424 g/mol. The number of hydrogen-bond donors (Lipinski definition) is 1. The van der Waals surface area contributed by atoms with E-state index in [2.05, 4.69) is 33.1 Å². The maximum absolute atomic E-state index is 11.1. The van der Waals surface area contributed by atoms with Gasteiger partial charge in [-0.25, -0.2) is 9.97 Å². The Bertz CT molecular complexity index is 1340. The molecule has 1 aliphatic rings. The zero-order valence-electron chi connectivity index (χ0n) is 17.2. The van der Waals surface area contributed by atoms with Crippen LogP contribution in [0.5, 0.6) is 0 Å². The van der Waals surface area contributed by atoms with Gasteiger partial charge < -0.3 is 9.88 Å². The lowest BCUT2D eigenvalue weighted by atomic mass is 9.97. The molecule has 0 saturated carbocycles. The standard InChI is InChI=1S/C24H20N6O2/c25-13-18-11-23(27-21-9-8-19(30(31)32)12-20(18)21)29-10-4-7-17(15-29)24-26-14-22(28-24)16-5-2-1-3-6-16/h1-3,5-6,8-9,11-12,14,17H,4,7,10,15H2,(H,26,28). The van der Waals surface area contributed by atoms with Gasteiger partial charge in [0.05, 0.1) is 34.0 Å². The fourth-order valence-electron chi connectivity index (χ4n) is 4.28. The summed E-state index contributed by atoms with van der Waals surface area (Å²) in [7, 11) is 0. The van der Waals surface area contributed by atoms with E-state index >= 15 is 0 Å². The van der Waals surface area contributed by atoms with Gasteiger partial charge in [0.1, 0.15) is 11.6 Å². The topological polar surface area (TPSA) is 112 Å². The van der Waals surface area contributed by atoms with Crippen LogP contribution in [-0.4, -0.2) is 33.0 Å². The van der Waals surface area contributed by atoms with E-state index in [1.54, 1.807) is 12.1 Å². The average Bonchev–Trinajstić information content (AvgIpc) is 3.34. The third kappa shape index (κ3) is 3.65. The maximum atomic E-state index is 11.1. The molecule has 158 valence electrons. The van der Waals surface area contributed by atoms with Gasteiger partial charge in [-0.1, -0.05) is 30.3 Å². The quantitative estimate of drug-likeness (QED) is 0.372. The Morgan fingerprint density at radius 2 is 2.03 bits per heavy atom. The number of hydrogen-bond acceptors (Lipinski definition) is 6. The molecule has 1 aliphatic heterocycles. The molecule has 0 radical (unpaired) electrons. The molecule has 4 aromatic rings. The van der Waals surface area contributed by atoms with Crippen molar-refractivity contribution in [3.05, 3.63) is 82.3 Å². The summed E-state index contributed by atoms with van der Waals surface area (Å²) in [4.78, 5) is 25.6. The molecule has 2 aromatic carbocycles. The molecule has 8 nitrogen and oxygen atoms in total. The first kappa shape index (κ1) is 19.7. The van der Waals surface area contributed by atoms with Crippen molar-refractivity contribution in [2.24, 2.45) is 0 Å². The molecule has 1 N–H and O–H groups in total. The van der Waals surface area contributed by atoms with Gasteiger partial charge in [-0.2, -0.15) is 5.26 Å². The summed E-state index contributed by atoms with van der Waals surface area (Å²) in [5, 5.41) is 21.3. The van der Waals surface area contributed by atoms with Crippen LogP contribution in [0.15, 0.2) is 60.8 Å². The normalized spacial score (nSPS) is 16.1. The molecule has 0 aliphatic carbocycles. The molecule has 1 fully saturated rings. The third-order valence-corrected chi connectivity index (χ3v) is 5.92. The van der Waals surface area contributed by atoms with Crippen LogP contribution in [-0.2, 0) is 0 Å². The molecule has 0 spiro atoms. The van der Waals surface area contributed by atoms with Gasteiger partial charge in [0.2, 0.25) is 0 Å². The van der Waals surface area contributed by atoms with Crippen molar-refractivity contribution in [2.75, 3.05) is 18.0 Å². The van der Waals surface area contributed by atoms with E-state index in [4.69, 9.17) is 4.98 Å². The summed E-state index contributed by atoms with van der Waals surface area (Å²) in [6, 6.07) is 18.5. The number of rotatable bonds is 4. The summed E-state index contributed by atoms with van der Waals surface area (Å²) < 4.78 is 0. The lowest BCUT2D eigenvalue weighted by Gasteiger charge is -2.33. The fraction of sp³-hybridized carbons (Fsp3) is 0.208. The molecule has 32 heavy (non-hydrogen) atoms. The average molecular weight is 424 g/mol. The number of nitro benzene ring substituents is 1. The van der Waals surface area contributed by atoms with E-state index < -0.39 is 4.92 Å². The molecule has 5 rings (SSSR count). The van der Waals surface area contributed by atoms with E-state index in [0.29, 0.717) is 22.3 Å². The first-order chi connectivity index (χ1) is 15.6. The smallest absolute Gasteiger partial charge is 0.270 e. The van der Waals surface area contributed by atoms with Gasteiger partial charge in [-0.05, 0) is 30.5 Å². The lowest BCUT2D eigenvalue weighted by molar-refractivity contribution is -0.384. The molecule has 2 aromatic heterocycles. The third-order valence-electron chi connectivity index (χ3n) is 5.92. The molecule has 1 atom stereocenters. The zero-order valence-corrected chi connectivity index (χ0v) is 17.2. The van der Waals surface area contributed by atoms with Crippen molar-refractivity contribution in [3.8, 4) is 17.3 Å². The number of aromatic nitrogens is 3. The largest absolute Gasteiger partial charge is 0.356 e. The van der Waals surface area contributed by atoms with E-state index in [9.17, 15) is 15.4 Å².